The van der Waals surface area contributed by atoms with Crippen molar-refractivity contribution in [3.05, 3.63) is 53.1 Å². The summed E-state index contributed by atoms with van der Waals surface area (Å²) in [5.41, 5.74) is 2.80. The second-order valence-corrected chi connectivity index (χ2v) is 4.01. The van der Waals surface area contributed by atoms with E-state index in [2.05, 4.69) is 4.98 Å². The van der Waals surface area contributed by atoms with Gasteiger partial charge in [-0.25, -0.2) is 4.98 Å². The molecule has 0 aliphatic heterocycles. The highest BCUT2D eigenvalue weighted by atomic mass is 16.1. The quantitative estimate of drug-likeness (QED) is 0.719. The number of aryl methyl sites for hydroxylation is 3. The smallest absolute Gasteiger partial charge is 0.228 e. The van der Waals surface area contributed by atoms with E-state index in [1.165, 1.54) is 0 Å². The van der Waals surface area contributed by atoms with E-state index in [-0.39, 0.29) is 5.78 Å². The molecule has 1 aromatic carbocycles. The number of rotatable bonds is 2. The van der Waals surface area contributed by atoms with Crippen molar-refractivity contribution >= 4 is 5.78 Å². The fraction of sp³-hybridized carbons (Fsp3) is 0.231. The molecule has 3 heteroatoms. The molecule has 0 fully saturated rings. The molecule has 0 unspecified atom stereocenters. The van der Waals surface area contributed by atoms with E-state index in [0.717, 1.165) is 16.7 Å². The van der Waals surface area contributed by atoms with Gasteiger partial charge in [-0.15, -0.1) is 0 Å². The van der Waals surface area contributed by atoms with Gasteiger partial charge in [0.15, 0.2) is 5.82 Å². The van der Waals surface area contributed by atoms with Crippen LogP contribution in [0.4, 0.5) is 0 Å². The number of nitrogens with zero attached hydrogens (tertiary/aromatic N) is 2. The molecule has 0 saturated carbocycles. The van der Waals surface area contributed by atoms with Crippen LogP contribution in [0.2, 0.25) is 0 Å². The van der Waals surface area contributed by atoms with E-state index in [0.29, 0.717) is 5.82 Å². The fourth-order valence-electron chi connectivity index (χ4n) is 1.69. The van der Waals surface area contributed by atoms with Crippen LogP contribution in [0.3, 0.4) is 0 Å². The first-order valence-electron chi connectivity index (χ1n) is 5.19. The summed E-state index contributed by atoms with van der Waals surface area (Å²) in [5, 5.41) is 0. The van der Waals surface area contributed by atoms with Gasteiger partial charge in [0.1, 0.15) is 0 Å². The van der Waals surface area contributed by atoms with Crippen molar-refractivity contribution in [2.75, 3.05) is 0 Å². The van der Waals surface area contributed by atoms with Crippen LogP contribution in [-0.4, -0.2) is 15.3 Å². The van der Waals surface area contributed by atoms with Crippen LogP contribution >= 0.6 is 0 Å². The highest BCUT2D eigenvalue weighted by Gasteiger charge is 2.15. The molecule has 0 amide bonds. The summed E-state index contributed by atoms with van der Waals surface area (Å²) in [4.78, 5) is 16.3. The molecule has 0 N–H and O–H groups in total. The molecule has 0 bridgehead atoms. The maximum Gasteiger partial charge on any atom is 0.228 e. The third kappa shape index (κ3) is 1.76. The van der Waals surface area contributed by atoms with Crippen molar-refractivity contribution in [2.45, 2.75) is 13.8 Å². The minimum absolute atomic E-state index is 0.0197. The van der Waals surface area contributed by atoms with Gasteiger partial charge in [0.05, 0.1) is 0 Å². The predicted octanol–water partition coefficient (Wildman–Crippen LogP) is 2.27. The Bertz CT molecular complexity index is 541. The maximum atomic E-state index is 12.2. The highest BCUT2D eigenvalue weighted by molar-refractivity contribution is 6.07. The fourth-order valence-corrected chi connectivity index (χ4v) is 1.69. The Labute approximate surface area is 94.7 Å². The van der Waals surface area contributed by atoms with Crippen molar-refractivity contribution < 1.29 is 4.79 Å². The number of hydrogen-bond donors (Lipinski definition) is 0. The topological polar surface area (TPSA) is 34.9 Å². The molecule has 3 nitrogen and oxygen atoms in total. The zero-order chi connectivity index (χ0) is 11.7. The molecule has 0 atom stereocenters. The van der Waals surface area contributed by atoms with Crippen LogP contribution < -0.4 is 0 Å². The maximum absolute atomic E-state index is 12.2. The molecule has 0 aliphatic carbocycles. The predicted molar refractivity (Wildman–Crippen MR) is 62.6 cm³/mol. The molecule has 0 saturated heterocycles. The number of imidazole rings is 1. The molecule has 2 aromatic rings. The Morgan fingerprint density at radius 1 is 1.31 bits per heavy atom. The second kappa shape index (κ2) is 3.93. The monoisotopic (exact) mass is 214 g/mol. The summed E-state index contributed by atoms with van der Waals surface area (Å²) in [6.45, 7) is 3.92. The Balaban J connectivity index is 2.49. The van der Waals surface area contributed by atoms with Gasteiger partial charge in [-0.3, -0.25) is 4.79 Å². The number of carbonyl (C=O) groups excluding carboxylic acids is 1. The Morgan fingerprint density at radius 3 is 2.69 bits per heavy atom. The van der Waals surface area contributed by atoms with Crippen LogP contribution in [0.25, 0.3) is 0 Å². The van der Waals surface area contributed by atoms with Gasteiger partial charge in [-0.05, 0) is 25.5 Å². The molecule has 0 radical (unpaired) electrons. The molecule has 1 heterocycles. The van der Waals surface area contributed by atoms with Crippen LogP contribution in [-0.2, 0) is 7.05 Å². The first-order valence-corrected chi connectivity index (χ1v) is 5.19. The van der Waals surface area contributed by atoms with Crippen molar-refractivity contribution in [1.82, 2.24) is 9.55 Å². The van der Waals surface area contributed by atoms with Gasteiger partial charge < -0.3 is 4.57 Å². The Kier molecular flexibility index (Phi) is 2.60. The molecule has 0 aliphatic rings. The minimum atomic E-state index is -0.0197. The lowest BCUT2D eigenvalue weighted by molar-refractivity contribution is 0.102. The largest absolute Gasteiger partial charge is 0.331 e. The van der Waals surface area contributed by atoms with Crippen LogP contribution in [0.15, 0.2) is 30.6 Å². The summed E-state index contributed by atoms with van der Waals surface area (Å²) in [7, 11) is 1.82. The first-order chi connectivity index (χ1) is 7.59. The number of aromatic nitrogens is 2. The number of carbonyl (C=O) groups is 1. The summed E-state index contributed by atoms with van der Waals surface area (Å²) < 4.78 is 1.74. The van der Waals surface area contributed by atoms with E-state index < -0.39 is 0 Å². The normalized spacial score (nSPS) is 10.4. The number of benzene rings is 1. The van der Waals surface area contributed by atoms with Crippen LogP contribution in [0.1, 0.15) is 27.3 Å². The van der Waals surface area contributed by atoms with Crippen molar-refractivity contribution in [2.24, 2.45) is 7.05 Å². The van der Waals surface area contributed by atoms with Crippen LogP contribution in [0, 0.1) is 13.8 Å². The molecule has 0 spiro atoms. The third-order valence-electron chi connectivity index (χ3n) is 2.66. The first kappa shape index (κ1) is 10.6. The average molecular weight is 214 g/mol. The van der Waals surface area contributed by atoms with E-state index in [1.807, 2.05) is 39.1 Å². The van der Waals surface area contributed by atoms with E-state index in [1.54, 1.807) is 17.0 Å². The lowest BCUT2D eigenvalue weighted by Gasteiger charge is -2.05. The summed E-state index contributed by atoms with van der Waals surface area (Å²) in [6, 6.07) is 5.88. The SMILES string of the molecule is Cc1ccc(C)c(C(=O)c2nccn2C)c1. The van der Waals surface area contributed by atoms with Crippen molar-refractivity contribution in [3.8, 4) is 0 Å². The molecular formula is C13H14N2O. The van der Waals surface area contributed by atoms with Gasteiger partial charge in [0, 0.05) is 25.0 Å². The van der Waals surface area contributed by atoms with Gasteiger partial charge in [0.25, 0.3) is 0 Å². The molecule has 82 valence electrons. The van der Waals surface area contributed by atoms with Gasteiger partial charge >= 0.3 is 0 Å². The third-order valence-corrected chi connectivity index (χ3v) is 2.66. The Morgan fingerprint density at radius 2 is 2.06 bits per heavy atom. The Hall–Kier alpha value is -1.90. The van der Waals surface area contributed by atoms with E-state index in [9.17, 15) is 4.79 Å². The summed E-state index contributed by atoms with van der Waals surface area (Å²) in [5.74, 6) is 0.461. The molecule has 2 rings (SSSR count). The lowest BCUT2D eigenvalue weighted by Crippen LogP contribution is -2.10. The molecule has 1 aromatic heterocycles. The number of ketones is 1. The van der Waals surface area contributed by atoms with E-state index >= 15 is 0 Å². The van der Waals surface area contributed by atoms with Crippen molar-refractivity contribution in [1.29, 1.82) is 0 Å². The van der Waals surface area contributed by atoms with Crippen molar-refractivity contribution in [3.63, 3.8) is 0 Å². The summed E-state index contributed by atoms with van der Waals surface area (Å²) >= 11 is 0. The van der Waals surface area contributed by atoms with E-state index in [4.69, 9.17) is 0 Å². The minimum Gasteiger partial charge on any atom is -0.331 e. The van der Waals surface area contributed by atoms with Crippen LogP contribution in [0.5, 0.6) is 0 Å². The van der Waals surface area contributed by atoms with Gasteiger partial charge in [-0.1, -0.05) is 17.7 Å². The second-order valence-electron chi connectivity index (χ2n) is 4.01. The summed E-state index contributed by atoms with van der Waals surface area (Å²) in [6.07, 6.45) is 3.41. The van der Waals surface area contributed by atoms with Gasteiger partial charge in [-0.2, -0.15) is 0 Å². The lowest BCUT2D eigenvalue weighted by atomic mass is 10.0. The number of hydrogen-bond acceptors (Lipinski definition) is 2. The van der Waals surface area contributed by atoms with Gasteiger partial charge in [0.2, 0.25) is 5.78 Å². The standard InChI is InChI=1S/C13H14N2O/c1-9-4-5-10(2)11(8-9)12(16)13-14-6-7-15(13)3/h4-8H,1-3H3. The zero-order valence-corrected chi connectivity index (χ0v) is 9.69. The molecular weight excluding hydrogens is 200 g/mol. The highest BCUT2D eigenvalue weighted by Crippen LogP contribution is 2.14. The molecule has 16 heavy (non-hydrogen) atoms. The zero-order valence-electron chi connectivity index (χ0n) is 9.69. The average Bonchev–Trinajstić information content (AvgIpc) is 2.67.